The van der Waals surface area contributed by atoms with E-state index in [9.17, 15) is 4.79 Å². The maximum absolute atomic E-state index is 12.5. The average molecular weight is 544 g/mol. The first kappa shape index (κ1) is 23.5. The molecule has 0 radical (unpaired) electrons. The van der Waals surface area contributed by atoms with Crippen molar-refractivity contribution in [3.8, 4) is 22.8 Å². The van der Waals surface area contributed by atoms with Crippen molar-refractivity contribution < 1.29 is 13.6 Å². The summed E-state index contributed by atoms with van der Waals surface area (Å²) < 4.78 is 11.6. The van der Waals surface area contributed by atoms with Gasteiger partial charge < -0.3 is 14.2 Å². The van der Waals surface area contributed by atoms with Crippen LogP contribution in [-0.2, 0) is 4.79 Å². The Morgan fingerprint density at radius 2 is 1.60 bits per heavy atom. The minimum absolute atomic E-state index is 0.368. The van der Waals surface area contributed by atoms with Crippen molar-refractivity contribution in [3.63, 3.8) is 0 Å². The van der Waals surface area contributed by atoms with Crippen molar-refractivity contribution in [2.75, 3.05) is 5.32 Å². The smallest absolute Gasteiger partial charge is 0.248 e. The molecule has 2 aromatic heterocycles. The Bertz CT molecular complexity index is 1580. The highest BCUT2D eigenvalue weighted by molar-refractivity contribution is 6.35. The standard InChI is InChI=1S/C26H14Cl4N2O3/c27-16-2-6-24-22(13-16)32-26(35-24)14-1-5-20(30)21(11-14)31-25(33)8-4-19-3-7-23(34-19)15-9-17(28)12-18(29)10-15/h1-13H,(H,31,33)/b8-4+. The first-order valence-corrected chi connectivity index (χ1v) is 11.8. The molecule has 1 N–H and O–H groups in total. The van der Waals surface area contributed by atoms with Crippen LogP contribution in [-0.4, -0.2) is 10.9 Å². The van der Waals surface area contributed by atoms with Crippen LogP contribution in [0.3, 0.4) is 0 Å². The average Bonchev–Trinajstić information content (AvgIpc) is 3.45. The number of fused-ring (bicyclic) bond motifs is 1. The first-order chi connectivity index (χ1) is 16.8. The molecule has 0 saturated carbocycles. The summed E-state index contributed by atoms with van der Waals surface area (Å²) in [6.45, 7) is 0. The van der Waals surface area contributed by atoms with Gasteiger partial charge >= 0.3 is 0 Å². The number of hydrogen-bond donors (Lipinski definition) is 1. The molecule has 0 spiro atoms. The van der Waals surface area contributed by atoms with E-state index in [2.05, 4.69) is 10.3 Å². The monoisotopic (exact) mass is 542 g/mol. The number of amides is 1. The highest BCUT2D eigenvalue weighted by atomic mass is 35.5. The molecule has 0 aliphatic rings. The Morgan fingerprint density at radius 3 is 2.40 bits per heavy atom. The van der Waals surface area contributed by atoms with Crippen LogP contribution in [0.1, 0.15) is 5.76 Å². The van der Waals surface area contributed by atoms with Gasteiger partial charge in [-0.3, -0.25) is 4.79 Å². The van der Waals surface area contributed by atoms with E-state index in [-0.39, 0.29) is 0 Å². The number of rotatable bonds is 5. The van der Waals surface area contributed by atoms with Crippen molar-refractivity contribution in [2.24, 2.45) is 0 Å². The zero-order valence-corrected chi connectivity index (χ0v) is 20.7. The van der Waals surface area contributed by atoms with Gasteiger partial charge in [0.1, 0.15) is 17.0 Å². The topological polar surface area (TPSA) is 68.3 Å². The summed E-state index contributed by atoms with van der Waals surface area (Å²) in [6.07, 6.45) is 2.89. The molecule has 3 aromatic carbocycles. The first-order valence-electron chi connectivity index (χ1n) is 10.3. The van der Waals surface area contributed by atoms with Gasteiger partial charge in [-0.25, -0.2) is 4.98 Å². The van der Waals surface area contributed by atoms with Crippen LogP contribution in [0.15, 0.2) is 81.6 Å². The Kier molecular flexibility index (Phi) is 6.58. The zero-order valence-electron chi connectivity index (χ0n) is 17.7. The number of carbonyl (C=O) groups is 1. The lowest BCUT2D eigenvalue weighted by Gasteiger charge is -2.06. The molecule has 2 heterocycles. The minimum atomic E-state index is -0.392. The lowest BCUT2D eigenvalue weighted by Crippen LogP contribution is -2.08. The molecular formula is C26H14Cl4N2O3. The largest absolute Gasteiger partial charge is 0.457 e. The number of hydrogen-bond acceptors (Lipinski definition) is 4. The van der Waals surface area contributed by atoms with Gasteiger partial charge in [-0.2, -0.15) is 0 Å². The maximum Gasteiger partial charge on any atom is 0.248 e. The number of halogens is 4. The minimum Gasteiger partial charge on any atom is -0.457 e. The van der Waals surface area contributed by atoms with E-state index < -0.39 is 5.91 Å². The van der Waals surface area contributed by atoms with E-state index in [0.29, 0.717) is 59.9 Å². The zero-order chi connectivity index (χ0) is 24.5. The second-order valence-corrected chi connectivity index (χ2v) is 9.22. The van der Waals surface area contributed by atoms with Crippen molar-refractivity contribution in [3.05, 3.63) is 98.7 Å². The number of oxazole rings is 1. The predicted molar refractivity (Wildman–Crippen MR) is 141 cm³/mol. The Balaban J connectivity index is 1.32. The third kappa shape index (κ3) is 5.39. The third-order valence-electron chi connectivity index (χ3n) is 4.99. The summed E-state index contributed by atoms with van der Waals surface area (Å²) in [7, 11) is 0. The van der Waals surface area contributed by atoms with Crippen LogP contribution in [0.4, 0.5) is 5.69 Å². The Morgan fingerprint density at radius 1 is 0.800 bits per heavy atom. The number of benzene rings is 3. The molecule has 0 unspecified atom stereocenters. The third-order valence-corrected chi connectivity index (χ3v) is 5.99. The highest BCUT2D eigenvalue weighted by Crippen LogP contribution is 2.32. The quantitative estimate of drug-likeness (QED) is 0.224. The second-order valence-electron chi connectivity index (χ2n) is 7.51. The predicted octanol–water partition coefficient (Wildman–Crippen LogP) is 9.02. The summed E-state index contributed by atoms with van der Waals surface area (Å²) in [5.41, 5.74) is 3.03. The molecule has 0 aliphatic carbocycles. The fourth-order valence-corrected chi connectivity index (χ4v) is 4.26. The van der Waals surface area contributed by atoms with Crippen LogP contribution in [0.2, 0.25) is 20.1 Å². The maximum atomic E-state index is 12.5. The summed E-state index contributed by atoms with van der Waals surface area (Å²) in [5.74, 6) is 1.05. The fourth-order valence-electron chi connectivity index (χ4n) is 3.40. The highest BCUT2D eigenvalue weighted by Gasteiger charge is 2.12. The molecule has 1 amide bonds. The summed E-state index contributed by atoms with van der Waals surface area (Å²) in [6, 6.07) is 18.9. The van der Waals surface area contributed by atoms with Gasteiger partial charge in [0.2, 0.25) is 11.8 Å². The Labute approximate surface area is 219 Å². The molecule has 0 aliphatic heterocycles. The van der Waals surface area contributed by atoms with Gasteiger partial charge in [0, 0.05) is 32.3 Å². The Hall–Kier alpha value is -3.22. The molecular weight excluding hydrogens is 530 g/mol. The fraction of sp³-hybridized carbons (Fsp3) is 0. The van der Waals surface area contributed by atoms with Crippen LogP contribution in [0.5, 0.6) is 0 Å². The van der Waals surface area contributed by atoms with E-state index >= 15 is 0 Å². The van der Waals surface area contributed by atoms with Crippen molar-refractivity contribution in [1.29, 1.82) is 0 Å². The molecule has 5 nitrogen and oxygen atoms in total. The summed E-state index contributed by atoms with van der Waals surface area (Å²) in [5, 5.41) is 4.70. The number of anilines is 1. The number of carbonyl (C=O) groups excluding carboxylic acids is 1. The molecule has 5 aromatic rings. The van der Waals surface area contributed by atoms with Gasteiger partial charge in [-0.1, -0.05) is 46.4 Å². The van der Waals surface area contributed by atoms with Gasteiger partial charge in [-0.05, 0) is 72.8 Å². The molecule has 5 rings (SSSR count). The van der Waals surface area contributed by atoms with Crippen LogP contribution in [0.25, 0.3) is 40.0 Å². The SMILES string of the molecule is O=C(/C=C/c1ccc(-c2cc(Cl)cc(Cl)c2)o1)Nc1cc(-c2nc3cc(Cl)ccc3o2)ccc1Cl. The normalized spacial score (nSPS) is 11.4. The van der Waals surface area contributed by atoms with Crippen molar-refractivity contribution in [1.82, 2.24) is 4.98 Å². The molecule has 0 atom stereocenters. The van der Waals surface area contributed by atoms with Gasteiger partial charge in [0.25, 0.3) is 0 Å². The van der Waals surface area contributed by atoms with Crippen LogP contribution in [0, 0.1) is 0 Å². The molecule has 9 heteroatoms. The lowest BCUT2D eigenvalue weighted by atomic mass is 10.2. The van der Waals surface area contributed by atoms with E-state index in [1.165, 1.54) is 6.08 Å². The molecule has 35 heavy (non-hydrogen) atoms. The molecule has 0 bridgehead atoms. The van der Waals surface area contributed by atoms with Gasteiger partial charge in [0.05, 0.1) is 10.7 Å². The van der Waals surface area contributed by atoms with Crippen molar-refractivity contribution in [2.45, 2.75) is 0 Å². The summed E-state index contributed by atoms with van der Waals surface area (Å²) in [4.78, 5) is 17.0. The number of nitrogens with zero attached hydrogens (tertiary/aromatic N) is 1. The van der Waals surface area contributed by atoms with Crippen LogP contribution >= 0.6 is 46.4 Å². The molecule has 0 fully saturated rings. The summed E-state index contributed by atoms with van der Waals surface area (Å²) >= 11 is 24.4. The van der Waals surface area contributed by atoms with E-state index in [1.807, 2.05) is 0 Å². The van der Waals surface area contributed by atoms with E-state index in [1.54, 1.807) is 72.8 Å². The van der Waals surface area contributed by atoms with Crippen LogP contribution < -0.4 is 5.32 Å². The van der Waals surface area contributed by atoms with Gasteiger partial charge in [-0.15, -0.1) is 0 Å². The molecule has 0 saturated heterocycles. The lowest BCUT2D eigenvalue weighted by molar-refractivity contribution is -0.111. The second kappa shape index (κ2) is 9.80. The van der Waals surface area contributed by atoms with Crippen molar-refractivity contribution >= 4 is 75.2 Å². The van der Waals surface area contributed by atoms with E-state index in [4.69, 9.17) is 55.2 Å². The van der Waals surface area contributed by atoms with Gasteiger partial charge in [0.15, 0.2) is 5.58 Å². The number of aromatic nitrogens is 1. The van der Waals surface area contributed by atoms with E-state index in [0.717, 1.165) is 5.56 Å². The number of nitrogens with one attached hydrogen (secondary N) is 1. The molecule has 174 valence electrons. The number of furan rings is 1.